The van der Waals surface area contributed by atoms with Gasteiger partial charge in [-0.15, -0.1) is 0 Å². The van der Waals surface area contributed by atoms with E-state index in [4.69, 9.17) is 0 Å². The summed E-state index contributed by atoms with van der Waals surface area (Å²) in [5.41, 5.74) is -8.67. The molecule has 1 aromatic rings. The molecular formula is C13H11F3N2O7. The van der Waals surface area contributed by atoms with Crippen LogP contribution in [0.4, 0.5) is 24.5 Å². The number of esters is 1. The van der Waals surface area contributed by atoms with Gasteiger partial charge in [-0.25, -0.2) is 4.79 Å². The molecule has 0 unspecified atom stereocenters. The Labute approximate surface area is 137 Å². The zero-order valence-electron chi connectivity index (χ0n) is 13.1. The summed E-state index contributed by atoms with van der Waals surface area (Å²) >= 11 is 0. The van der Waals surface area contributed by atoms with E-state index in [1.807, 2.05) is 0 Å². The van der Waals surface area contributed by atoms with Gasteiger partial charge in [-0.2, -0.15) is 13.2 Å². The Bertz CT molecular complexity index is 787. The maximum Gasteiger partial charge on any atom is 0.418 e. The quantitative estimate of drug-likeness (QED) is 0.339. The maximum atomic E-state index is 13.5. The van der Waals surface area contributed by atoms with E-state index in [0.717, 1.165) is 6.92 Å². The highest BCUT2D eigenvalue weighted by molar-refractivity contribution is 6.07. The number of ketones is 1. The van der Waals surface area contributed by atoms with Crippen LogP contribution in [0, 0.1) is 27.2 Å². The lowest BCUT2D eigenvalue weighted by atomic mass is 9.91. The van der Waals surface area contributed by atoms with Gasteiger partial charge in [0.15, 0.2) is 11.3 Å². The van der Waals surface area contributed by atoms with Gasteiger partial charge in [-0.3, -0.25) is 25.0 Å². The van der Waals surface area contributed by atoms with Crippen molar-refractivity contribution in [2.45, 2.75) is 26.9 Å². The number of hydrogen-bond acceptors (Lipinski definition) is 7. The SMILES string of the molecule is CCOC(=O)c1c([N+](=O)[O-])c(C)c([N+](=O)[O-])c(C(C)=O)c1C(F)(F)F. The number of hydrogen-bond donors (Lipinski definition) is 0. The molecule has 12 heteroatoms. The van der Waals surface area contributed by atoms with E-state index in [-0.39, 0.29) is 0 Å². The van der Waals surface area contributed by atoms with Crippen molar-refractivity contribution in [1.29, 1.82) is 0 Å². The van der Waals surface area contributed by atoms with Gasteiger partial charge in [0.2, 0.25) is 0 Å². The number of carbonyl (C=O) groups is 2. The van der Waals surface area contributed by atoms with Gasteiger partial charge in [-0.1, -0.05) is 0 Å². The fourth-order valence-corrected chi connectivity index (χ4v) is 2.33. The lowest BCUT2D eigenvalue weighted by Crippen LogP contribution is -2.23. The van der Waals surface area contributed by atoms with Crippen molar-refractivity contribution in [2.24, 2.45) is 0 Å². The molecule has 25 heavy (non-hydrogen) atoms. The molecule has 0 radical (unpaired) electrons. The third-order valence-corrected chi connectivity index (χ3v) is 3.16. The summed E-state index contributed by atoms with van der Waals surface area (Å²) in [6.45, 7) is 2.25. The minimum Gasteiger partial charge on any atom is -0.462 e. The number of nitro benzene ring substituents is 2. The predicted octanol–water partition coefficient (Wildman–Crippen LogP) is 3.21. The molecule has 0 amide bonds. The molecule has 0 saturated carbocycles. The Morgan fingerprint density at radius 3 is 1.84 bits per heavy atom. The third kappa shape index (κ3) is 3.56. The molecule has 0 aliphatic heterocycles. The number of ether oxygens (including phenoxy) is 1. The second-order valence-corrected chi connectivity index (χ2v) is 4.74. The van der Waals surface area contributed by atoms with Crippen molar-refractivity contribution in [3.05, 3.63) is 42.5 Å². The smallest absolute Gasteiger partial charge is 0.418 e. The van der Waals surface area contributed by atoms with E-state index >= 15 is 0 Å². The van der Waals surface area contributed by atoms with Crippen LogP contribution in [0.2, 0.25) is 0 Å². The number of Topliss-reactive ketones (excluding diaryl/α,β-unsaturated/α-hetero) is 1. The average molecular weight is 364 g/mol. The van der Waals surface area contributed by atoms with Crippen LogP contribution in [0.5, 0.6) is 0 Å². The normalized spacial score (nSPS) is 11.1. The molecule has 0 aromatic heterocycles. The summed E-state index contributed by atoms with van der Waals surface area (Å²) in [5.74, 6) is -3.08. The zero-order valence-corrected chi connectivity index (χ0v) is 13.1. The van der Waals surface area contributed by atoms with Gasteiger partial charge in [-0.05, 0) is 20.8 Å². The Kier molecular flexibility index (Phi) is 5.46. The second kappa shape index (κ2) is 6.83. The molecule has 0 bridgehead atoms. The number of nitro groups is 2. The van der Waals surface area contributed by atoms with E-state index in [1.54, 1.807) is 0 Å². The number of halogens is 3. The molecule has 0 fully saturated rings. The summed E-state index contributed by atoms with van der Waals surface area (Å²) < 4.78 is 44.9. The van der Waals surface area contributed by atoms with Crippen LogP contribution in [0.1, 0.15) is 45.7 Å². The Morgan fingerprint density at radius 2 is 1.52 bits per heavy atom. The van der Waals surface area contributed by atoms with Gasteiger partial charge in [0.25, 0.3) is 11.4 Å². The molecule has 0 atom stereocenters. The summed E-state index contributed by atoms with van der Waals surface area (Å²) in [5, 5.41) is 22.4. The van der Waals surface area contributed by atoms with Gasteiger partial charge in [0, 0.05) is 0 Å². The molecule has 1 aromatic carbocycles. The first-order chi connectivity index (χ1) is 11.4. The van der Waals surface area contributed by atoms with Crippen molar-refractivity contribution in [1.82, 2.24) is 0 Å². The monoisotopic (exact) mass is 364 g/mol. The molecule has 136 valence electrons. The lowest BCUT2D eigenvalue weighted by molar-refractivity contribution is -0.395. The largest absolute Gasteiger partial charge is 0.462 e. The van der Waals surface area contributed by atoms with E-state index in [2.05, 4.69) is 4.74 Å². The van der Waals surface area contributed by atoms with Crippen molar-refractivity contribution >= 4 is 23.1 Å². The van der Waals surface area contributed by atoms with Crippen molar-refractivity contribution in [2.75, 3.05) is 6.61 Å². The highest BCUT2D eigenvalue weighted by Gasteiger charge is 2.49. The summed E-state index contributed by atoms with van der Waals surface area (Å²) in [6, 6.07) is 0. The Hall–Kier alpha value is -3.05. The van der Waals surface area contributed by atoms with Crippen molar-refractivity contribution < 1.29 is 37.3 Å². The Balaban J connectivity index is 4.31. The number of rotatable bonds is 5. The minimum atomic E-state index is -5.45. The molecule has 0 saturated heterocycles. The first-order valence-electron chi connectivity index (χ1n) is 6.60. The standard InChI is InChI=1S/C13H11F3N2O7/c1-4-25-12(20)8-9(13(14,15)16)7(6(3)19)10(17(21)22)5(2)11(8)18(23)24/h4H2,1-3H3. The van der Waals surface area contributed by atoms with Crippen LogP contribution in [0.25, 0.3) is 0 Å². The maximum absolute atomic E-state index is 13.5. The van der Waals surface area contributed by atoms with Crippen LogP contribution in [-0.4, -0.2) is 28.2 Å². The van der Waals surface area contributed by atoms with Gasteiger partial charge in [0.05, 0.1) is 22.0 Å². The van der Waals surface area contributed by atoms with Crippen molar-refractivity contribution in [3.63, 3.8) is 0 Å². The topological polar surface area (TPSA) is 130 Å². The molecule has 0 spiro atoms. The van der Waals surface area contributed by atoms with Crippen molar-refractivity contribution in [3.8, 4) is 0 Å². The van der Waals surface area contributed by atoms with Crippen LogP contribution in [-0.2, 0) is 10.9 Å². The highest BCUT2D eigenvalue weighted by Crippen LogP contribution is 2.45. The molecule has 1 rings (SSSR count). The molecular weight excluding hydrogens is 353 g/mol. The fourth-order valence-electron chi connectivity index (χ4n) is 2.33. The second-order valence-electron chi connectivity index (χ2n) is 4.74. The zero-order chi connectivity index (χ0) is 19.7. The third-order valence-electron chi connectivity index (χ3n) is 3.16. The highest BCUT2D eigenvalue weighted by atomic mass is 19.4. The molecule has 0 N–H and O–H groups in total. The van der Waals surface area contributed by atoms with Crippen LogP contribution < -0.4 is 0 Å². The summed E-state index contributed by atoms with van der Waals surface area (Å²) in [4.78, 5) is 43.3. The minimum absolute atomic E-state index is 0.404. The van der Waals surface area contributed by atoms with E-state index in [0.29, 0.717) is 6.92 Å². The molecule has 0 aliphatic carbocycles. The van der Waals surface area contributed by atoms with E-state index in [1.165, 1.54) is 6.92 Å². The Morgan fingerprint density at radius 1 is 1.08 bits per heavy atom. The van der Waals surface area contributed by atoms with E-state index < -0.39 is 68.0 Å². The van der Waals surface area contributed by atoms with Gasteiger partial charge < -0.3 is 4.74 Å². The number of benzene rings is 1. The molecule has 0 heterocycles. The number of carbonyl (C=O) groups excluding carboxylic acids is 2. The first kappa shape index (κ1) is 20.0. The summed E-state index contributed by atoms with van der Waals surface area (Å²) in [7, 11) is 0. The van der Waals surface area contributed by atoms with Crippen LogP contribution in [0.15, 0.2) is 0 Å². The molecule has 9 nitrogen and oxygen atoms in total. The lowest BCUT2D eigenvalue weighted by Gasteiger charge is -2.17. The molecule has 0 aliphatic rings. The number of alkyl halides is 3. The van der Waals surface area contributed by atoms with Gasteiger partial charge in [0.1, 0.15) is 11.1 Å². The average Bonchev–Trinajstić information content (AvgIpc) is 2.43. The van der Waals surface area contributed by atoms with E-state index in [9.17, 15) is 43.0 Å². The van der Waals surface area contributed by atoms with Crippen LogP contribution in [0.3, 0.4) is 0 Å². The van der Waals surface area contributed by atoms with Crippen LogP contribution >= 0.6 is 0 Å². The number of nitrogens with zero attached hydrogens (tertiary/aromatic N) is 2. The summed E-state index contributed by atoms with van der Waals surface area (Å²) in [6.07, 6.45) is -5.45. The first-order valence-corrected chi connectivity index (χ1v) is 6.60. The fraction of sp³-hybridized carbons (Fsp3) is 0.385. The predicted molar refractivity (Wildman–Crippen MR) is 75.5 cm³/mol. The van der Waals surface area contributed by atoms with Gasteiger partial charge >= 0.3 is 12.1 Å².